The molecule has 0 saturated carbocycles. The van der Waals surface area contributed by atoms with E-state index in [0.29, 0.717) is 13.0 Å². The number of sulfone groups is 1. The van der Waals surface area contributed by atoms with E-state index in [-0.39, 0.29) is 15.7 Å². The van der Waals surface area contributed by atoms with Gasteiger partial charge in [0.2, 0.25) is 9.84 Å². The van der Waals surface area contributed by atoms with Crippen molar-refractivity contribution in [2.75, 3.05) is 6.61 Å². The zero-order valence-corrected chi connectivity index (χ0v) is 16.9. The number of ether oxygens (including phenoxy) is 1. The van der Waals surface area contributed by atoms with Gasteiger partial charge in [-0.05, 0) is 31.0 Å². The lowest BCUT2D eigenvalue weighted by molar-refractivity contribution is 0.250. The van der Waals surface area contributed by atoms with Crippen LogP contribution in [0.4, 0.5) is 0 Å². The fraction of sp³-hybridized carbons (Fsp3) is 0.304. The van der Waals surface area contributed by atoms with Crippen LogP contribution in [0.1, 0.15) is 30.9 Å². The molecule has 3 nitrogen and oxygen atoms in total. The summed E-state index contributed by atoms with van der Waals surface area (Å²) in [5.74, 6) is -0.266. The molecular formula is C23H28O3S. The van der Waals surface area contributed by atoms with Crippen LogP contribution < -0.4 is 0 Å². The first-order valence-corrected chi connectivity index (χ1v) is 10.8. The minimum absolute atomic E-state index is 0.266. The highest BCUT2D eigenvalue weighted by molar-refractivity contribution is 7.95. The third kappa shape index (κ3) is 5.83. The van der Waals surface area contributed by atoms with Gasteiger partial charge in [0, 0.05) is 12.3 Å². The second kappa shape index (κ2) is 10.1. The van der Waals surface area contributed by atoms with Gasteiger partial charge in [0.15, 0.2) is 0 Å². The SMILES string of the molecule is C=CC(CCC)/C(=C/OCCc1ccccc1)S(=O)(=O)c1ccc(C)cc1. The normalized spacial score (nSPS) is 13.2. The van der Waals surface area contributed by atoms with E-state index >= 15 is 0 Å². The lowest BCUT2D eigenvalue weighted by atomic mass is 10.0. The number of benzene rings is 2. The fourth-order valence-electron chi connectivity index (χ4n) is 2.85. The fourth-order valence-corrected chi connectivity index (χ4v) is 4.43. The summed E-state index contributed by atoms with van der Waals surface area (Å²) in [6.07, 6.45) is 5.41. The number of rotatable bonds is 10. The maximum atomic E-state index is 13.2. The largest absolute Gasteiger partial charge is 0.500 e. The molecule has 4 heteroatoms. The molecule has 0 N–H and O–H groups in total. The molecule has 0 spiro atoms. The van der Waals surface area contributed by atoms with Gasteiger partial charge in [-0.3, -0.25) is 0 Å². The van der Waals surface area contributed by atoms with Crippen molar-refractivity contribution in [1.82, 2.24) is 0 Å². The van der Waals surface area contributed by atoms with Crippen molar-refractivity contribution in [3.63, 3.8) is 0 Å². The van der Waals surface area contributed by atoms with E-state index in [1.54, 1.807) is 18.2 Å². The minimum atomic E-state index is -3.63. The maximum Gasteiger partial charge on any atom is 0.206 e. The molecular weight excluding hydrogens is 356 g/mol. The Morgan fingerprint density at radius 3 is 2.37 bits per heavy atom. The van der Waals surface area contributed by atoms with Crippen molar-refractivity contribution in [3.05, 3.63) is 89.5 Å². The van der Waals surface area contributed by atoms with E-state index < -0.39 is 9.84 Å². The van der Waals surface area contributed by atoms with E-state index in [2.05, 4.69) is 6.58 Å². The monoisotopic (exact) mass is 384 g/mol. The van der Waals surface area contributed by atoms with Gasteiger partial charge in [-0.25, -0.2) is 8.42 Å². The number of hydrogen-bond acceptors (Lipinski definition) is 3. The van der Waals surface area contributed by atoms with Crippen molar-refractivity contribution in [1.29, 1.82) is 0 Å². The van der Waals surface area contributed by atoms with Gasteiger partial charge in [-0.1, -0.05) is 67.4 Å². The topological polar surface area (TPSA) is 43.4 Å². The van der Waals surface area contributed by atoms with E-state index in [0.717, 1.165) is 24.0 Å². The van der Waals surface area contributed by atoms with Gasteiger partial charge >= 0.3 is 0 Å². The Kier molecular flexibility index (Phi) is 7.86. The van der Waals surface area contributed by atoms with Crippen molar-refractivity contribution in [3.8, 4) is 0 Å². The average Bonchev–Trinajstić information content (AvgIpc) is 2.67. The summed E-state index contributed by atoms with van der Waals surface area (Å²) in [5.41, 5.74) is 2.18. The van der Waals surface area contributed by atoms with E-state index in [1.807, 2.05) is 56.3 Å². The van der Waals surface area contributed by atoms with Crippen molar-refractivity contribution < 1.29 is 13.2 Å². The standard InChI is InChI=1S/C23H28O3S/c1-4-9-21(5-2)23(18-26-17-16-20-10-7-6-8-11-20)27(24,25)22-14-12-19(3)13-15-22/h5-8,10-15,18,21H,2,4,9,16-17H2,1,3H3/b23-18-. The van der Waals surface area contributed by atoms with Gasteiger partial charge in [0.1, 0.15) is 0 Å². The predicted molar refractivity (Wildman–Crippen MR) is 111 cm³/mol. The van der Waals surface area contributed by atoms with Crippen LogP contribution in [-0.4, -0.2) is 15.0 Å². The van der Waals surface area contributed by atoms with Gasteiger partial charge in [0.05, 0.1) is 22.7 Å². The molecule has 27 heavy (non-hydrogen) atoms. The first-order valence-electron chi connectivity index (χ1n) is 9.29. The van der Waals surface area contributed by atoms with E-state index in [1.165, 1.54) is 6.26 Å². The Balaban J connectivity index is 2.24. The molecule has 0 fully saturated rings. The molecule has 2 aromatic rings. The highest BCUT2D eigenvalue weighted by atomic mass is 32.2. The van der Waals surface area contributed by atoms with Gasteiger partial charge in [0.25, 0.3) is 0 Å². The van der Waals surface area contributed by atoms with Crippen molar-refractivity contribution in [2.24, 2.45) is 5.92 Å². The zero-order chi connectivity index (χ0) is 19.7. The Morgan fingerprint density at radius 1 is 1.11 bits per heavy atom. The first kappa shape index (κ1) is 21.0. The summed E-state index contributed by atoms with van der Waals surface area (Å²) in [4.78, 5) is 0.560. The second-order valence-corrected chi connectivity index (χ2v) is 8.52. The minimum Gasteiger partial charge on any atom is -0.500 e. The Morgan fingerprint density at radius 2 is 1.78 bits per heavy atom. The molecule has 0 aromatic heterocycles. The predicted octanol–water partition coefficient (Wildman–Crippen LogP) is 5.47. The summed E-state index contributed by atoms with van der Waals surface area (Å²) >= 11 is 0. The van der Waals surface area contributed by atoms with Crippen LogP contribution in [0.3, 0.4) is 0 Å². The second-order valence-electron chi connectivity index (χ2n) is 6.57. The van der Waals surface area contributed by atoms with Crippen LogP contribution in [0.15, 0.2) is 83.3 Å². The molecule has 2 aromatic carbocycles. The van der Waals surface area contributed by atoms with Crippen LogP contribution >= 0.6 is 0 Å². The van der Waals surface area contributed by atoms with Crippen LogP contribution in [0.5, 0.6) is 0 Å². The average molecular weight is 385 g/mol. The van der Waals surface area contributed by atoms with Crippen LogP contribution in [-0.2, 0) is 21.0 Å². The quantitative estimate of drug-likeness (QED) is 0.310. The molecule has 0 aliphatic rings. The molecule has 0 aliphatic heterocycles. The number of allylic oxidation sites excluding steroid dienone is 2. The first-order chi connectivity index (χ1) is 13.0. The maximum absolute atomic E-state index is 13.2. The lowest BCUT2D eigenvalue weighted by Crippen LogP contribution is -2.14. The summed E-state index contributed by atoms with van der Waals surface area (Å²) < 4.78 is 32.0. The summed E-state index contributed by atoms with van der Waals surface area (Å²) in [6.45, 7) is 8.22. The van der Waals surface area contributed by atoms with Gasteiger partial charge in [-0.2, -0.15) is 0 Å². The van der Waals surface area contributed by atoms with Crippen LogP contribution in [0, 0.1) is 12.8 Å². The zero-order valence-electron chi connectivity index (χ0n) is 16.1. The van der Waals surface area contributed by atoms with E-state index in [9.17, 15) is 8.42 Å². The smallest absolute Gasteiger partial charge is 0.206 e. The van der Waals surface area contributed by atoms with Gasteiger partial charge < -0.3 is 4.74 Å². The lowest BCUT2D eigenvalue weighted by Gasteiger charge is -2.17. The highest BCUT2D eigenvalue weighted by Gasteiger charge is 2.26. The van der Waals surface area contributed by atoms with Crippen molar-refractivity contribution in [2.45, 2.75) is 38.0 Å². The molecule has 0 saturated heterocycles. The molecule has 0 amide bonds. The molecule has 0 aliphatic carbocycles. The third-order valence-corrected chi connectivity index (χ3v) is 6.35. The van der Waals surface area contributed by atoms with Crippen LogP contribution in [0.25, 0.3) is 0 Å². The Hall–Kier alpha value is -2.33. The molecule has 0 heterocycles. The molecule has 0 bridgehead atoms. The van der Waals surface area contributed by atoms with Crippen LogP contribution in [0.2, 0.25) is 0 Å². The van der Waals surface area contributed by atoms with Gasteiger partial charge in [-0.15, -0.1) is 6.58 Å². The molecule has 0 radical (unpaired) electrons. The molecule has 2 rings (SSSR count). The summed E-state index contributed by atoms with van der Waals surface area (Å²) in [7, 11) is -3.63. The number of aryl methyl sites for hydroxylation is 1. The molecule has 1 unspecified atom stereocenters. The highest BCUT2D eigenvalue weighted by Crippen LogP contribution is 2.29. The number of hydrogen-bond donors (Lipinski definition) is 0. The molecule has 1 atom stereocenters. The summed E-state index contributed by atoms with van der Waals surface area (Å²) in [6, 6.07) is 16.9. The van der Waals surface area contributed by atoms with Crippen molar-refractivity contribution >= 4 is 9.84 Å². The molecule has 144 valence electrons. The van der Waals surface area contributed by atoms with E-state index in [4.69, 9.17) is 4.74 Å². The Labute approximate surface area is 163 Å². The third-order valence-electron chi connectivity index (χ3n) is 4.44. The Bertz CT molecular complexity index is 850. The summed E-state index contributed by atoms with van der Waals surface area (Å²) in [5, 5.41) is 0.